The molecular weight excluding hydrogens is 344 g/mol. The molecule has 2 saturated heterocycles. The second-order valence-corrected chi connectivity index (χ2v) is 7.85. The zero-order chi connectivity index (χ0) is 19.4. The maximum absolute atomic E-state index is 8.65. The molecule has 0 bridgehead atoms. The molecule has 2 atom stereocenters. The van der Waals surface area contributed by atoms with Gasteiger partial charge in [0.1, 0.15) is 12.2 Å². The van der Waals surface area contributed by atoms with Crippen molar-refractivity contribution in [2.75, 3.05) is 39.6 Å². The maximum Gasteiger partial charge on any atom is 0.104 e. The van der Waals surface area contributed by atoms with E-state index >= 15 is 0 Å². The Balaban J connectivity index is 0.000000330. The molecule has 2 fully saturated rings. The Morgan fingerprint density at radius 2 is 0.778 bits per heavy atom. The molecule has 5 nitrogen and oxygen atoms in total. The van der Waals surface area contributed by atoms with Crippen LogP contribution in [0.2, 0.25) is 0 Å². The van der Waals surface area contributed by atoms with Crippen molar-refractivity contribution in [3.63, 3.8) is 0 Å². The second-order valence-electron chi connectivity index (χ2n) is 7.85. The van der Waals surface area contributed by atoms with Gasteiger partial charge < -0.3 is 24.4 Å². The van der Waals surface area contributed by atoms with E-state index in [1.807, 2.05) is 0 Å². The number of unbranched alkanes of at least 4 members (excludes halogenated alkanes) is 13. The predicted molar refractivity (Wildman–Crippen MR) is 109 cm³/mol. The summed E-state index contributed by atoms with van der Waals surface area (Å²) in [6.07, 6.45) is 18.8. The molecule has 27 heavy (non-hydrogen) atoms. The first-order valence-electron chi connectivity index (χ1n) is 11.4. The normalized spacial score (nSPS) is 20.2. The summed E-state index contributed by atoms with van der Waals surface area (Å²) in [5.74, 6) is 0. The van der Waals surface area contributed by atoms with Gasteiger partial charge in [-0.15, -0.1) is 0 Å². The summed E-state index contributed by atoms with van der Waals surface area (Å²) in [6.45, 7) is 3.98. The van der Waals surface area contributed by atoms with Crippen LogP contribution < -0.4 is 0 Å². The lowest BCUT2D eigenvalue weighted by Gasteiger charge is -2.02. The van der Waals surface area contributed by atoms with Gasteiger partial charge in [-0.2, -0.15) is 0 Å². The molecule has 0 radical (unpaired) electrons. The zero-order valence-electron chi connectivity index (χ0n) is 17.4. The van der Waals surface area contributed by atoms with Crippen LogP contribution in [0.1, 0.15) is 89.9 Å². The van der Waals surface area contributed by atoms with E-state index < -0.39 is 0 Å². The van der Waals surface area contributed by atoms with E-state index in [0.717, 1.165) is 39.3 Å². The van der Waals surface area contributed by atoms with Gasteiger partial charge in [-0.3, -0.25) is 0 Å². The van der Waals surface area contributed by atoms with Crippen molar-refractivity contribution in [2.45, 2.75) is 102 Å². The van der Waals surface area contributed by atoms with Crippen molar-refractivity contribution in [3.8, 4) is 0 Å². The molecule has 0 aromatic carbocycles. The van der Waals surface area contributed by atoms with Crippen LogP contribution in [0.15, 0.2) is 0 Å². The van der Waals surface area contributed by atoms with E-state index in [0.29, 0.717) is 25.4 Å². The van der Waals surface area contributed by atoms with E-state index in [2.05, 4.69) is 0 Å². The van der Waals surface area contributed by atoms with Gasteiger partial charge in [-0.1, -0.05) is 77.0 Å². The summed E-state index contributed by atoms with van der Waals surface area (Å²) in [5, 5.41) is 17.3. The van der Waals surface area contributed by atoms with E-state index in [1.165, 1.54) is 77.0 Å². The first-order chi connectivity index (χ1) is 13.4. The van der Waals surface area contributed by atoms with Crippen LogP contribution in [-0.4, -0.2) is 62.1 Å². The van der Waals surface area contributed by atoms with Gasteiger partial charge in [0.2, 0.25) is 0 Å². The summed E-state index contributed by atoms with van der Waals surface area (Å²) in [5.41, 5.74) is 0. The first kappa shape index (κ1) is 24.8. The molecule has 2 rings (SSSR count). The van der Waals surface area contributed by atoms with Crippen molar-refractivity contribution in [1.29, 1.82) is 0 Å². The summed E-state index contributed by atoms with van der Waals surface area (Å²) in [4.78, 5) is 0. The number of rotatable bonds is 19. The maximum atomic E-state index is 8.65. The molecule has 162 valence electrons. The first-order valence-corrected chi connectivity index (χ1v) is 11.4. The van der Waals surface area contributed by atoms with Crippen LogP contribution in [0.25, 0.3) is 0 Å². The molecule has 2 aliphatic heterocycles. The fourth-order valence-electron chi connectivity index (χ4n) is 3.00. The lowest BCUT2D eigenvalue weighted by Crippen LogP contribution is -2.06. The highest BCUT2D eigenvalue weighted by Crippen LogP contribution is 2.13. The molecule has 2 N–H and O–H groups in total. The van der Waals surface area contributed by atoms with Crippen LogP contribution in [0.3, 0.4) is 0 Å². The summed E-state index contributed by atoms with van der Waals surface area (Å²) in [7, 11) is 0. The summed E-state index contributed by atoms with van der Waals surface area (Å²) in [6, 6.07) is 0. The van der Waals surface area contributed by atoms with Crippen molar-refractivity contribution >= 4 is 0 Å². The Hall–Kier alpha value is -0.200. The smallest absolute Gasteiger partial charge is 0.104 e. The number of aliphatic hydroxyl groups is 2. The average Bonchev–Trinajstić information content (AvgIpc) is 3.58. The largest absolute Gasteiger partial charge is 0.396 e. The van der Waals surface area contributed by atoms with Crippen LogP contribution in [0.4, 0.5) is 0 Å². The molecule has 0 aliphatic carbocycles. The van der Waals surface area contributed by atoms with Gasteiger partial charge >= 0.3 is 0 Å². The Morgan fingerprint density at radius 3 is 1.00 bits per heavy atom. The third kappa shape index (κ3) is 20.3. The molecule has 0 aromatic heterocycles. The van der Waals surface area contributed by atoms with Gasteiger partial charge in [-0.25, -0.2) is 0 Å². The van der Waals surface area contributed by atoms with E-state index in [4.69, 9.17) is 24.4 Å². The van der Waals surface area contributed by atoms with E-state index in [-0.39, 0.29) is 0 Å². The van der Waals surface area contributed by atoms with Crippen molar-refractivity contribution in [2.24, 2.45) is 0 Å². The van der Waals surface area contributed by atoms with Crippen LogP contribution in [0.5, 0.6) is 0 Å². The third-order valence-electron chi connectivity index (χ3n) is 4.98. The van der Waals surface area contributed by atoms with Gasteiger partial charge in [0.05, 0.1) is 26.4 Å². The standard InChI is InChI=1S/C16H34O2.C6H10O3/c17-15-13-11-9-7-5-3-1-2-4-6-8-10-12-14-16-18;1(5-3-8-5)7-2-6-4-9-6/h17-18H,1-16H2;5-6H,1-4H2. The van der Waals surface area contributed by atoms with Gasteiger partial charge in [0, 0.05) is 13.2 Å². The van der Waals surface area contributed by atoms with Gasteiger partial charge in [0.15, 0.2) is 0 Å². The highest BCUT2D eigenvalue weighted by Gasteiger charge is 2.26. The molecule has 0 amide bonds. The topological polar surface area (TPSA) is 74.8 Å². The van der Waals surface area contributed by atoms with Crippen LogP contribution in [-0.2, 0) is 14.2 Å². The lowest BCUT2D eigenvalue weighted by atomic mass is 10.0. The van der Waals surface area contributed by atoms with Crippen LogP contribution >= 0.6 is 0 Å². The highest BCUT2D eigenvalue weighted by atomic mass is 16.6. The molecule has 2 heterocycles. The molecular formula is C22H44O5. The fourth-order valence-corrected chi connectivity index (χ4v) is 3.00. The Kier molecular flexibility index (Phi) is 17.6. The SMILES string of the molecule is C(OCC1CO1)C1CO1.OCCCCCCCCCCCCCCCCO. The van der Waals surface area contributed by atoms with Crippen molar-refractivity contribution in [1.82, 2.24) is 0 Å². The third-order valence-corrected chi connectivity index (χ3v) is 4.98. The number of epoxide rings is 2. The number of hydrogen-bond acceptors (Lipinski definition) is 5. The van der Waals surface area contributed by atoms with Gasteiger partial charge in [0.25, 0.3) is 0 Å². The predicted octanol–water partition coefficient (Wildman–Crippen LogP) is 4.23. The summed E-state index contributed by atoms with van der Waals surface area (Å²) >= 11 is 0. The Bertz CT molecular complexity index is 264. The molecule has 0 saturated carbocycles. The average molecular weight is 389 g/mol. The monoisotopic (exact) mass is 388 g/mol. The number of hydrogen-bond donors (Lipinski definition) is 2. The fraction of sp³-hybridized carbons (Fsp3) is 1.00. The van der Waals surface area contributed by atoms with E-state index in [1.54, 1.807) is 0 Å². The molecule has 2 aliphatic rings. The van der Waals surface area contributed by atoms with Crippen LogP contribution in [0, 0.1) is 0 Å². The molecule has 0 aromatic rings. The molecule has 2 unspecified atom stereocenters. The number of ether oxygens (including phenoxy) is 3. The minimum Gasteiger partial charge on any atom is -0.396 e. The molecule has 5 heteroatoms. The highest BCUT2D eigenvalue weighted by molar-refractivity contribution is 4.71. The van der Waals surface area contributed by atoms with Gasteiger partial charge in [-0.05, 0) is 12.8 Å². The zero-order valence-corrected chi connectivity index (χ0v) is 17.4. The minimum absolute atomic E-state index is 0.359. The van der Waals surface area contributed by atoms with Crippen molar-refractivity contribution in [3.05, 3.63) is 0 Å². The summed E-state index contributed by atoms with van der Waals surface area (Å²) < 4.78 is 15.1. The Morgan fingerprint density at radius 1 is 0.519 bits per heavy atom. The Labute approximate surface area is 166 Å². The second kappa shape index (κ2) is 19.1. The quantitative estimate of drug-likeness (QED) is 0.256. The van der Waals surface area contributed by atoms with E-state index in [9.17, 15) is 0 Å². The number of aliphatic hydroxyl groups excluding tert-OH is 2. The minimum atomic E-state index is 0.359. The molecule has 0 spiro atoms. The lowest BCUT2D eigenvalue weighted by molar-refractivity contribution is 0.102. The van der Waals surface area contributed by atoms with Crippen molar-refractivity contribution < 1.29 is 24.4 Å².